The Bertz CT molecular complexity index is 578. The van der Waals surface area contributed by atoms with Crippen LogP contribution in [0.1, 0.15) is 12.8 Å². The SMILES string of the molecule is COC(CN)CC(=O)NCCCn1cnc2ccccc21. The number of fused-ring (bicyclic) bond motifs is 1. The Morgan fingerprint density at radius 2 is 2.29 bits per heavy atom. The van der Waals surface area contributed by atoms with E-state index in [1.54, 1.807) is 7.11 Å². The highest BCUT2D eigenvalue weighted by Gasteiger charge is 2.10. The lowest BCUT2D eigenvalue weighted by atomic mass is 10.2. The second-order valence-electron chi connectivity index (χ2n) is 4.93. The van der Waals surface area contributed by atoms with Crippen LogP contribution in [0.2, 0.25) is 0 Å². The third kappa shape index (κ3) is 4.27. The number of rotatable bonds is 8. The average Bonchev–Trinajstić information content (AvgIpc) is 2.92. The van der Waals surface area contributed by atoms with Gasteiger partial charge in [0, 0.05) is 26.7 Å². The number of nitrogens with two attached hydrogens (primary N) is 1. The molecule has 21 heavy (non-hydrogen) atoms. The molecule has 1 heterocycles. The van der Waals surface area contributed by atoms with Gasteiger partial charge in [-0.15, -0.1) is 0 Å². The maximum atomic E-state index is 11.7. The van der Waals surface area contributed by atoms with Gasteiger partial charge in [-0.2, -0.15) is 0 Å². The molecular formula is C15H22N4O2. The lowest BCUT2D eigenvalue weighted by molar-refractivity contribution is -0.123. The van der Waals surface area contributed by atoms with Crippen LogP contribution in [0.25, 0.3) is 11.0 Å². The van der Waals surface area contributed by atoms with Crippen molar-refractivity contribution in [2.45, 2.75) is 25.5 Å². The molecular weight excluding hydrogens is 268 g/mol. The molecule has 1 amide bonds. The number of nitrogens with one attached hydrogen (secondary N) is 1. The lowest BCUT2D eigenvalue weighted by Crippen LogP contribution is -2.32. The van der Waals surface area contributed by atoms with E-state index < -0.39 is 0 Å². The fourth-order valence-corrected chi connectivity index (χ4v) is 2.21. The van der Waals surface area contributed by atoms with Crippen molar-refractivity contribution in [1.29, 1.82) is 0 Å². The van der Waals surface area contributed by atoms with E-state index in [4.69, 9.17) is 10.5 Å². The predicted molar refractivity (Wildman–Crippen MR) is 81.8 cm³/mol. The molecule has 1 atom stereocenters. The van der Waals surface area contributed by atoms with Crippen LogP contribution in [0.3, 0.4) is 0 Å². The molecule has 3 N–H and O–H groups in total. The summed E-state index contributed by atoms with van der Waals surface area (Å²) < 4.78 is 7.18. The summed E-state index contributed by atoms with van der Waals surface area (Å²) in [5, 5.41) is 2.88. The smallest absolute Gasteiger partial charge is 0.222 e. The van der Waals surface area contributed by atoms with Crippen LogP contribution >= 0.6 is 0 Å². The van der Waals surface area contributed by atoms with Gasteiger partial charge in [-0.05, 0) is 18.6 Å². The van der Waals surface area contributed by atoms with Crippen LogP contribution in [0, 0.1) is 0 Å². The Kier molecular flexibility index (Phi) is 5.71. The molecule has 1 aromatic heterocycles. The number of carbonyl (C=O) groups is 1. The zero-order chi connectivity index (χ0) is 15.1. The van der Waals surface area contributed by atoms with Crippen molar-refractivity contribution < 1.29 is 9.53 Å². The maximum Gasteiger partial charge on any atom is 0.222 e. The van der Waals surface area contributed by atoms with E-state index in [2.05, 4.69) is 14.9 Å². The molecule has 0 aliphatic rings. The number of aryl methyl sites for hydroxylation is 1. The fraction of sp³-hybridized carbons (Fsp3) is 0.467. The molecule has 0 aliphatic carbocycles. The Balaban J connectivity index is 1.73. The number of amides is 1. The molecule has 0 aliphatic heterocycles. The standard InChI is InChI=1S/C15H22N4O2/c1-21-12(10-16)9-15(20)17-7-4-8-19-11-18-13-5-2-3-6-14(13)19/h2-3,5-6,11-12H,4,7-10,16H2,1H3,(H,17,20). The molecule has 0 bridgehead atoms. The quantitative estimate of drug-likeness (QED) is 0.708. The molecule has 2 aromatic rings. The summed E-state index contributed by atoms with van der Waals surface area (Å²) in [5.41, 5.74) is 7.60. The van der Waals surface area contributed by atoms with Gasteiger partial charge in [-0.1, -0.05) is 12.1 Å². The summed E-state index contributed by atoms with van der Waals surface area (Å²) in [6.07, 6.45) is 2.79. The fourth-order valence-electron chi connectivity index (χ4n) is 2.21. The van der Waals surface area contributed by atoms with Crippen LogP contribution in [0.15, 0.2) is 30.6 Å². The number of nitrogens with zero attached hydrogens (tertiary/aromatic N) is 2. The minimum atomic E-state index is -0.206. The third-order valence-electron chi connectivity index (χ3n) is 3.43. The molecule has 0 fully saturated rings. The molecule has 1 unspecified atom stereocenters. The van der Waals surface area contributed by atoms with Gasteiger partial charge < -0.3 is 20.4 Å². The van der Waals surface area contributed by atoms with E-state index in [1.807, 2.05) is 30.6 Å². The number of methoxy groups -OCH3 is 1. The number of hydrogen-bond acceptors (Lipinski definition) is 4. The summed E-state index contributed by atoms with van der Waals surface area (Å²) in [6.45, 7) is 1.81. The first-order valence-electron chi connectivity index (χ1n) is 7.14. The van der Waals surface area contributed by atoms with Gasteiger partial charge in [-0.3, -0.25) is 4.79 Å². The zero-order valence-corrected chi connectivity index (χ0v) is 12.3. The largest absolute Gasteiger partial charge is 0.380 e. The lowest BCUT2D eigenvalue weighted by Gasteiger charge is -2.12. The minimum Gasteiger partial charge on any atom is -0.380 e. The number of aromatic nitrogens is 2. The molecule has 6 heteroatoms. The van der Waals surface area contributed by atoms with Crippen molar-refractivity contribution in [2.24, 2.45) is 5.73 Å². The Labute approximate surface area is 124 Å². The molecule has 6 nitrogen and oxygen atoms in total. The van der Waals surface area contributed by atoms with Gasteiger partial charge in [0.25, 0.3) is 0 Å². The van der Waals surface area contributed by atoms with Crippen molar-refractivity contribution in [3.8, 4) is 0 Å². The third-order valence-corrected chi connectivity index (χ3v) is 3.43. The molecule has 0 spiro atoms. The van der Waals surface area contributed by atoms with Gasteiger partial charge >= 0.3 is 0 Å². The highest BCUT2D eigenvalue weighted by atomic mass is 16.5. The van der Waals surface area contributed by atoms with Crippen molar-refractivity contribution in [1.82, 2.24) is 14.9 Å². The summed E-state index contributed by atoms with van der Waals surface area (Å²) in [7, 11) is 1.56. The van der Waals surface area contributed by atoms with Crippen molar-refractivity contribution >= 4 is 16.9 Å². The van der Waals surface area contributed by atoms with Gasteiger partial charge in [0.05, 0.1) is 29.9 Å². The Morgan fingerprint density at radius 3 is 3.05 bits per heavy atom. The van der Waals surface area contributed by atoms with Gasteiger partial charge in [-0.25, -0.2) is 4.98 Å². The summed E-state index contributed by atoms with van der Waals surface area (Å²) >= 11 is 0. The van der Waals surface area contributed by atoms with E-state index in [-0.39, 0.29) is 12.0 Å². The number of carbonyl (C=O) groups excluding carboxylic acids is 1. The van der Waals surface area contributed by atoms with E-state index in [0.717, 1.165) is 24.0 Å². The molecule has 0 saturated heterocycles. The average molecular weight is 290 g/mol. The summed E-state index contributed by atoms with van der Waals surface area (Å²) in [5.74, 6) is -0.0252. The van der Waals surface area contributed by atoms with Crippen LogP contribution in [0.5, 0.6) is 0 Å². The van der Waals surface area contributed by atoms with Crippen molar-refractivity contribution in [2.75, 3.05) is 20.2 Å². The van der Waals surface area contributed by atoms with Crippen LogP contribution in [-0.4, -0.2) is 41.8 Å². The minimum absolute atomic E-state index is 0.0252. The van der Waals surface area contributed by atoms with E-state index in [0.29, 0.717) is 19.5 Å². The van der Waals surface area contributed by atoms with Gasteiger partial charge in [0.1, 0.15) is 0 Å². The summed E-state index contributed by atoms with van der Waals surface area (Å²) in [6, 6.07) is 8.01. The molecule has 2 rings (SSSR count). The second-order valence-corrected chi connectivity index (χ2v) is 4.93. The monoisotopic (exact) mass is 290 g/mol. The first kappa shape index (κ1) is 15.5. The van der Waals surface area contributed by atoms with Crippen molar-refractivity contribution in [3.63, 3.8) is 0 Å². The topological polar surface area (TPSA) is 82.2 Å². The molecule has 0 saturated carbocycles. The number of para-hydroxylation sites is 2. The first-order chi connectivity index (χ1) is 10.2. The molecule has 114 valence electrons. The number of ether oxygens (including phenoxy) is 1. The second kappa shape index (κ2) is 7.75. The Hall–Kier alpha value is -1.92. The number of hydrogen-bond donors (Lipinski definition) is 2. The van der Waals surface area contributed by atoms with Gasteiger partial charge in [0.15, 0.2) is 0 Å². The van der Waals surface area contributed by atoms with E-state index in [9.17, 15) is 4.79 Å². The van der Waals surface area contributed by atoms with Crippen molar-refractivity contribution in [3.05, 3.63) is 30.6 Å². The Morgan fingerprint density at radius 1 is 1.48 bits per heavy atom. The highest BCUT2D eigenvalue weighted by molar-refractivity contribution is 5.76. The first-order valence-corrected chi connectivity index (χ1v) is 7.14. The van der Waals surface area contributed by atoms with Crippen LogP contribution in [-0.2, 0) is 16.1 Å². The predicted octanol–water partition coefficient (Wildman–Crippen LogP) is 0.906. The van der Waals surface area contributed by atoms with E-state index in [1.165, 1.54) is 0 Å². The van der Waals surface area contributed by atoms with Crippen LogP contribution < -0.4 is 11.1 Å². The zero-order valence-electron chi connectivity index (χ0n) is 12.3. The molecule has 0 radical (unpaired) electrons. The number of imidazole rings is 1. The maximum absolute atomic E-state index is 11.7. The van der Waals surface area contributed by atoms with E-state index >= 15 is 0 Å². The number of benzene rings is 1. The van der Waals surface area contributed by atoms with Crippen LogP contribution in [0.4, 0.5) is 0 Å². The normalized spacial score (nSPS) is 12.5. The highest BCUT2D eigenvalue weighted by Crippen LogP contribution is 2.11. The van der Waals surface area contributed by atoms with Gasteiger partial charge in [0.2, 0.25) is 5.91 Å². The summed E-state index contributed by atoms with van der Waals surface area (Å²) in [4.78, 5) is 16.0. The molecule has 1 aromatic carbocycles.